The molecule has 2 aliphatic rings. The van der Waals surface area contributed by atoms with Crippen LogP contribution < -0.4 is 0 Å². The van der Waals surface area contributed by atoms with E-state index < -0.39 is 18.0 Å². The number of ketones is 1. The number of hydrogen-bond acceptors (Lipinski definition) is 4. The van der Waals surface area contributed by atoms with E-state index >= 15 is 0 Å². The smallest absolute Gasteiger partial charge is 0.310 e. The Kier molecular flexibility index (Phi) is 4.84. The van der Waals surface area contributed by atoms with Crippen molar-refractivity contribution < 1.29 is 24.2 Å². The summed E-state index contributed by atoms with van der Waals surface area (Å²) in [6.07, 6.45) is 2.94. The normalized spacial score (nSPS) is 29.2. The highest BCUT2D eigenvalue weighted by Crippen LogP contribution is 2.46. The molecular formula is C17H22O5. The van der Waals surface area contributed by atoms with E-state index in [-0.39, 0.29) is 30.5 Å². The minimum atomic E-state index is -0.910. The van der Waals surface area contributed by atoms with Gasteiger partial charge in [0.25, 0.3) is 0 Å². The van der Waals surface area contributed by atoms with Crippen LogP contribution in [-0.2, 0) is 19.1 Å². The van der Waals surface area contributed by atoms with E-state index in [1.54, 1.807) is 6.08 Å². The number of carboxylic acid groups (broad SMARTS) is 1. The Morgan fingerprint density at radius 2 is 2.00 bits per heavy atom. The van der Waals surface area contributed by atoms with Crippen molar-refractivity contribution in [2.45, 2.75) is 52.6 Å². The number of esters is 1. The van der Waals surface area contributed by atoms with E-state index in [1.165, 1.54) is 6.92 Å². The zero-order valence-corrected chi connectivity index (χ0v) is 13.2. The monoisotopic (exact) mass is 306 g/mol. The molecule has 0 bridgehead atoms. The third-order valence-electron chi connectivity index (χ3n) is 4.44. The number of hydrogen-bond donors (Lipinski definition) is 1. The lowest BCUT2D eigenvalue weighted by molar-refractivity contribution is -0.144. The number of rotatable bonds is 4. The van der Waals surface area contributed by atoms with Crippen molar-refractivity contribution in [1.82, 2.24) is 0 Å². The van der Waals surface area contributed by atoms with Gasteiger partial charge in [-0.2, -0.15) is 0 Å². The van der Waals surface area contributed by atoms with Crippen LogP contribution in [0.3, 0.4) is 0 Å². The molecule has 2 fully saturated rings. The van der Waals surface area contributed by atoms with Gasteiger partial charge in [0.15, 0.2) is 0 Å². The number of ether oxygens (including phenoxy) is 1. The van der Waals surface area contributed by atoms with Crippen molar-refractivity contribution in [3.8, 4) is 0 Å². The number of fused-ring (bicyclic) bond motifs is 1. The summed E-state index contributed by atoms with van der Waals surface area (Å²) in [6, 6.07) is 0. The molecule has 1 saturated carbocycles. The van der Waals surface area contributed by atoms with Crippen LogP contribution in [-0.4, -0.2) is 28.9 Å². The zero-order valence-electron chi connectivity index (χ0n) is 13.2. The summed E-state index contributed by atoms with van der Waals surface area (Å²) >= 11 is 0. The fourth-order valence-electron chi connectivity index (χ4n) is 3.48. The van der Waals surface area contributed by atoms with Crippen molar-refractivity contribution in [3.63, 3.8) is 0 Å². The second-order valence-corrected chi connectivity index (χ2v) is 6.31. The Morgan fingerprint density at radius 1 is 1.32 bits per heavy atom. The van der Waals surface area contributed by atoms with Gasteiger partial charge in [-0.1, -0.05) is 11.6 Å². The van der Waals surface area contributed by atoms with Crippen molar-refractivity contribution >= 4 is 17.7 Å². The van der Waals surface area contributed by atoms with Gasteiger partial charge >= 0.3 is 11.9 Å². The first-order valence-electron chi connectivity index (χ1n) is 7.59. The summed E-state index contributed by atoms with van der Waals surface area (Å²) in [5.74, 6) is -1.69. The second kappa shape index (κ2) is 6.46. The molecule has 120 valence electrons. The number of Topliss-reactive ketones (excluding diaryl/α,β-unsaturated/α-hetero) is 1. The van der Waals surface area contributed by atoms with E-state index in [0.717, 1.165) is 29.6 Å². The van der Waals surface area contributed by atoms with Gasteiger partial charge < -0.3 is 14.6 Å². The molecule has 1 aliphatic heterocycles. The van der Waals surface area contributed by atoms with E-state index in [2.05, 4.69) is 0 Å². The summed E-state index contributed by atoms with van der Waals surface area (Å²) in [4.78, 5) is 34.4. The number of allylic oxidation sites excluding steroid dienone is 1. The largest absolute Gasteiger partial charge is 0.481 e. The van der Waals surface area contributed by atoms with Gasteiger partial charge in [-0.3, -0.25) is 9.59 Å². The Hall–Kier alpha value is -1.91. The zero-order chi connectivity index (χ0) is 16.4. The highest BCUT2D eigenvalue weighted by atomic mass is 16.6. The van der Waals surface area contributed by atoms with Gasteiger partial charge in [0, 0.05) is 12.3 Å². The number of carboxylic acids is 1. The average molecular weight is 306 g/mol. The lowest BCUT2D eigenvalue weighted by Crippen LogP contribution is -2.29. The van der Waals surface area contributed by atoms with Gasteiger partial charge in [0.2, 0.25) is 0 Å². The van der Waals surface area contributed by atoms with E-state index in [9.17, 15) is 14.4 Å². The molecule has 3 atom stereocenters. The molecular weight excluding hydrogens is 284 g/mol. The molecule has 22 heavy (non-hydrogen) atoms. The molecule has 0 unspecified atom stereocenters. The van der Waals surface area contributed by atoms with Crippen LogP contribution in [0.25, 0.3) is 0 Å². The Balaban J connectivity index is 2.34. The van der Waals surface area contributed by atoms with Crippen LogP contribution in [0.2, 0.25) is 0 Å². The van der Waals surface area contributed by atoms with Gasteiger partial charge in [-0.25, -0.2) is 0 Å². The van der Waals surface area contributed by atoms with Crippen molar-refractivity contribution in [2.24, 2.45) is 11.8 Å². The Morgan fingerprint density at radius 3 is 2.55 bits per heavy atom. The van der Waals surface area contributed by atoms with Crippen molar-refractivity contribution in [1.29, 1.82) is 0 Å². The number of aliphatic carboxylic acids is 1. The fourth-order valence-corrected chi connectivity index (χ4v) is 3.48. The van der Waals surface area contributed by atoms with Crippen molar-refractivity contribution in [2.75, 3.05) is 0 Å². The third-order valence-corrected chi connectivity index (χ3v) is 4.44. The molecule has 0 spiro atoms. The Bertz CT molecular complexity index is 566. The van der Waals surface area contributed by atoms with Gasteiger partial charge in [0.1, 0.15) is 11.9 Å². The maximum atomic E-state index is 12.1. The van der Waals surface area contributed by atoms with Gasteiger partial charge in [0.05, 0.1) is 12.3 Å². The SMILES string of the molecule is CC(=O)C[C@@H]1C(=O)O[C@@H]2/C(=C/CC(=O)O)C(=C(C)C)CC[C@@H]12. The first-order valence-corrected chi connectivity index (χ1v) is 7.59. The Labute approximate surface area is 130 Å². The first-order chi connectivity index (χ1) is 10.3. The fraction of sp³-hybridized carbons (Fsp3) is 0.588. The summed E-state index contributed by atoms with van der Waals surface area (Å²) in [7, 11) is 0. The quantitative estimate of drug-likeness (QED) is 0.808. The van der Waals surface area contributed by atoms with E-state index in [0.29, 0.717) is 0 Å². The first kappa shape index (κ1) is 16.5. The minimum absolute atomic E-state index is 0.0216. The van der Waals surface area contributed by atoms with E-state index in [4.69, 9.17) is 9.84 Å². The van der Waals surface area contributed by atoms with Gasteiger partial charge in [-0.05, 0) is 44.8 Å². The molecule has 1 aliphatic carbocycles. The van der Waals surface area contributed by atoms with Crippen LogP contribution in [0.4, 0.5) is 0 Å². The standard InChI is InChI=1S/C17H22O5/c1-9(2)11-4-5-13-14(8-10(3)18)17(21)22-16(13)12(11)6-7-15(19)20/h6,13-14,16H,4-5,7-8H2,1-3H3,(H,19,20)/b12-6+/t13-,14-,16+/m0/s1. The lowest BCUT2D eigenvalue weighted by Gasteiger charge is -2.31. The predicted molar refractivity (Wildman–Crippen MR) is 80.1 cm³/mol. The van der Waals surface area contributed by atoms with E-state index in [1.807, 2.05) is 13.8 Å². The summed E-state index contributed by atoms with van der Waals surface area (Å²) < 4.78 is 5.52. The predicted octanol–water partition coefficient (Wildman–Crippen LogP) is 2.65. The maximum absolute atomic E-state index is 12.1. The van der Waals surface area contributed by atoms with Crippen LogP contribution in [0.5, 0.6) is 0 Å². The second-order valence-electron chi connectivity index (χ2n) is 6.31. The molecule has 0 aromatic carbocycles. The van der Waals surface area contributed by atoms with Crippen LogP contribution >= 0.6 is 0 Å². The molecule has 5 heteroatoms. The molecule has 5 nitrogen and oxygen atoms in total. The topological polar surface area (TPSA) is 80.7 Å². The van der Waals surface area contributed by atoms with Crippen molar-refractivity contribution in [3.05, 3.63) is 22.8 Å². The minimum Gasteiger partial charge on any atom is -0.481 e. The molecule has 1 N–H and O–H groups in total. The summed E-state index contributed by atoms with van der Waals surface area (Å²) in [6.45, 7) is 5.44. The molecule has 0 aromatic rings. The van der Waals surface area contributed by atoms with Gasteiger partial charge in [-0.15, -0.1) is 0 Å². The number of carbonyl (C=O) groups is 3. The van der Waals surface area contributed by atoms with Crippen LogP contribution in [0.15, 0.2) is 22.8 Å². The highest BCUT2D eigenvalue weighted by Gasteiger charge is 2.48. The molecule has 1 saturated heterocycles. The molecule has 0 amide bonds. The third kappa shape index (κ3) is 3.29. The van der Waals surface area contributed by atoms with Crippen LogP contribution in [0, 0.1) is 11.8 Å². The lowest BCUT2D eigenvalue weighted by atomic mass is 9.73. The maximum Gasteiger partial charge on any atom is 0.310 e. The van der Waals surface area contributed by atoms with Crippen LogP contribution in [0.1, 0.15) is 46.5 Å². The highest BCUT2D eigenvalue weighted by molar-refractivity contribution is 5.85. The molecule has 0 radical (unpaired) electrons. The summed E-state index contributed by atoms with van der Waals surface area (Å²) in [5.41, 5.74) is 3.01. The average Bonchev–Trinajstić information content (AvgIpc) is 2.72. The molecule has 0 aromatic heterocycles. The molecule has 2 rings (SSSR count). The number of carbonyl (C=O) groups excluding carboxylic acids is 2. The molecule has 1 heterocycles. The summed E-state index contributed by atoms with van der Waals surface area (Å²) in [5, 5.41) is 8.92.